The predicted molar refractivity (Wildman–Crippen MR) is 104 cm³/mol. The summed E-state index contributed by atoms with van der Waals surface area (Å²) in [5.41, 5.74) is 8.53. The average Bonchev–Trinajstić information content (AvgIpc) is 3.42. The van der Waals surface area contributed by atoms with Crippen LogP contribution in [0.2, 0.25) is 0 Å². The third-order valence-electron chi connectivity index (χ3n) is 6.57. The van der Waals surface area contributed by atoms with Crippen LogP contribution in [0.15, 0.2) is 30.7 Å². The minimum atomic E-state index is -0.0634. The van der Waals surface area contributed by atoms with Crippen LogP contribution in [-0.2, 0) is 4.79 Å². The van der Waals surface area contributed by atoms with Crippen molar-refractivity contribution in [2.24, 2.45) is 5.92 Å². The van der Waals surface area contributed by atoms with Gasteiger partial charge in [-0.1, -0.05) is 18.1 Å². The molecule has 0 spiro atoms. The summed E-state index contributed by atoms with van der Waals surface area (Å²) in [5, 5.41) is 8.65. The van der Waals surface area contributed by atoms with E-state index in [9.17, 15) is 4.79 Å². The molecule has 3 atom stereocenters. The van der Waals surface area contributed by atoms with Crippen molar-refractivity contribution in [3.63, 3.8) is 0 Å². The maximum absolute atomic E-state index is 13.1. The number of aromatic nitrogens is 4. The van der Waals surface area contributed by atoms with Gasteiger partial charge in [-0.25, -0.2) is 10.1 Å². The molecule has 0 aromatic carbocycles. The van der Waals surface area contributed by atoms with Crippen LogP contribution < -0.4 is 10.9 Å². The van der Waals surface area contributed by atoms with E-state index in [1.807, 2.05) is 27.9 Å². The molecule has 2 saturated heterocycles. The zero-order valence-electron chi connectivity index (χ0n) is 16.0. The Labute approximate surface area is 164 Å². The van der Waals surface area contributed by atoms with E-state index >= 15 is 0 Å². The number of hydrazine groups is 1. The number of amides is 1. The van der Waals surface area contributed by atoms with Gasteiger partial charge in [0.2, 0.25) is 5.91 Å². The first-order chi connectivity index (χ1) is 13.8. The molecule has 2 aromatic heterocycles. The molecular weight excluding hydrogens is 354 g/mol. The van der Waals surface area contributed by atoms with Crippen LogP contribution in [0.25, 0.3) is 11.3 Å². The van der Waals surface area contributed by atoms with Gasteiger partial charge >= 0.3 is 0 Å². The molecule has 1 aliphatic carbocycles. The van der Waals surface area contributed by atoms with Gasteiger partial charge in [0.05, 0.1) is 12.2 Å². The number of piperidine rings is 1. The molecule has 1 amide bonds. The minimum absolute atomic E-state index is 0.0634. The van der Waals surface area contributed by atoms with Crippen molar-refractivity contribution < 1.29 is 4.79 Å². The van der Waals surface area contributed by atoms with Gasteiger partial charge in [-0.05, 0) is 37.8 Å². The van der Waals surface area contributed by atoms with Crippen molar-refractivity contribution in [3.05, 3.63) is 30.7 Å². The molecule has 2 aromatic rings. The highest BCUT2D eigenvalue weighted by Crippen LogP contribution is 2.32. The summed E-state index contributed by atoms with van der Waals surface area (Å²) in [7, 11) is 0. The van der Waals surface area contributed by atoms with Crippen LogP contribution in [-0.4, -0.2) is 56.0 Å². The summed E-state index contributed by atoms with van der Waals surface area (Å²) in [6.45, 7) is 1.56. The van der Waals surface area contributed by atoms with E-state index in [1.54, 1.807) is 12.4 Å². The fourth-order valence-corrected chi connectivity index (χ4v) is 4.94. The lowest BCUT2D eigenvalue weighted by Crippen LogP contribution is -2.50. The highest BCUT2D eigenvalue weighted by Gasteiger charge is 2.43. The molecule has 1 saturated carbocycles. The molecule has 2 N–H and O–H groups in total. The van der Waals surface area contributed by atoms with Crippen LogP contribution in [0.1, 0.15) is 44.6 Å². The van der Waals surface area contributed by atoms with Crippen LogP contribution in [0, 0.1) is 5.92 Å². The van der Waals surface area contributed by atoms with Gasteiger partial charge in [-0.2, -0.15) is 0 Å². The first kappa shape index (κ1) is 17.8. The second-order valence-electron chi connectivity index (χ2n) is 8.20. The van der Waals surface area contributed by atoms with Crippen molar-refractivity contribution in [1.82, 2.24) is 35.7 Å². The Kier molecular flexibility index (Phi) is 4.82. The molecule has 3 fully saturated rings. The van der Waals surface area contributed by atoms with E-state index in [2.05, 4.69) is 26.1 Å². The number of fused-ring (bicyclic) bond motifs is 1. The Hall–Kier alpha value is -2.32. The van der Waals surface area contributed by atoms with Crippen molar-refractivity contribution in [1.29, 1.82) is 0 Å². The minimum Gasteiger partial charge on any atom is -0.341 e. The Balaban J connectivity index is 1.20. The highest BCUT2D eigenvalue weighted by atomic mass is 16.2. The molecule has 4 heterocycles. The number of nitrogens with zero attached hydrogens (tertiary/aromatic N) is 5. The summed E-state index contributed by atoms with van der Waals surface area (Å²) < 4.78 is 1.96. The lowest BCUT2D eigenvalue weighted by atomic mass is 9.81. The number of rotatable bonds is 3. The monoisotopic (exact) mass is 381 g/mol. The van der Waals surface area contributed by atoms with Crippen molar-refractivity contribution >= 4 is 5.91 Å². The van der Waals surface area contributed by atoms with E-state index in [0.717, 1.165) is 43.6 Å². The molecule has 3 aliphatic rings. The lowest BCUT2D eigenvalue weighted by molar-refractivity contribution is -0.135. The molecule has 5 rings (SSSR count). The first-order valence-corrected chi connectivity index (χ1v) is 10.4. The van der Waals surface area contributed by atoms with Gasteiger partial charge in [0.25, 0.3) is 0 Å². The topological polar surface area (TPSA) is 88.0 Å². The SMILES string of the molecule is O=C(C1NNC2CCCCC21)N1CCC(n2cc(-c3ccncc3)nn2)CC1. The summed E-state index contributed by atoms with van der Waals surface area (Å²) in [5.74, 6) is 0.702. The normalized spacial score (nSPS) is 28.3. The van der Waals surface area contributed by atoms with E-state index in [1.165, 1.54) is 19.3 Å². The van der Waals surface area contributed by atoms with Gasteiger partial charge in [0.15, 0.2) is 0 Å². The molecule has 2 aliphatic heterocycles. The van der Waals surface area contributed by atoms with Gasteiger partial charge in [-0.15, -0.1) is 5.10 Å². The van der Waals surface area contributed by atoms with Gasteiger partial charge in [-0.3, -0.25) is 15.2 Å². The van der Waals surface area contributed by atoms with Gasteiger partial charge < -0.3 is 4.90 Å². The number of pyridine rings is 1. The Morgan fingerprint density at radius 1 is 1.04 bits per heavy atom. The number of likely N-dealkylation sites (tertiary alicyclic amines) is 1. The average molecular weight is 381 g/mol. The van der Waals surface area contributed by atoms with Gasteiger partial charge in [0.1, 0.15) is 11.7 Å². The van der Waals surface area contributed by atoms with Crippen LogP contribution in [0.5, 0.6) is 0 Å². The summed E-state index contributed by atoms with van der Waals surface area (Å²) in [4.78, 5) is 19.2. The largest absolute Gasteiger partial charge is 0.341 e. The summed E-state index contributed by atoms with van der Waals surface area (Å²) >= 11 is 0. The first-order valence-electron chi connectivity index (χ1n) is 10.4. The second-order valence-corrected chi connectivity index (χ2v) is 8.20. The van der Waals surface area contributed by atoms with Crippen molar-refractivity contribution in [2.45, 2.75) is 56.7 Å². The van der Waals surface area contributed by atoms with E-state index in [0.29, 0.717) is 18.0 Å². The lowest BCUT2D eigenvalue weighted by Gasteiger charge is -2.35. The maximum atomic E-state index is 13.1. The molecule has 8 nitrogen and oxygen atoms in total. The number of carbonyl (C=O) groups is 1. The fraction of sp³-hybridized carbons (Fsp3) is 0.600. The smallest absolute Gasteiger partial charge is 0.241 e. The molecule has 0 radical (unpaired) electrons. The standard InChI is InChI=1S/C20H27N7O/c28-20(19-16-3-1-2-4-17(16)22-24-19)26-11-7-15(8-12-26)27-13-18(23-25-27)14-5-9-21-10-6-14/h5-6,9-10,13,15-17,19,22,24H,1-4,7-8,11-12H2. The van der Waals surface area contributed by atoms with E-state index in [4.69, 9.17) is 0 Å². The molecule has 3 unspecified atom stereocenters. The quantitative estimate of drug-likeness (QED) is 0.839. The summed E-state index contributed by atoms with van der Waals surface area (Å²) in [6, 6.07) is 4.57. The summed E-state index contributed by atoms with van der Waals surface area (Å²) in [6.07, 6.45) is 12.2. The Morgan fingerprint density at radius 3 is 2.64 bits per heavy atom. The zero-order chi connectivity index (χ0) is 18.9. The molecule has 0 bridgehead atoms. The second kappa shape index (κ2) is 7.60. The molecule has 28 heavy (non-hydrogen) atoms. The van der Waals surface area contributed by atoms with E-state index in [-0.39, 0.29) is 11.9 Å². The number of hydrogen-bond acceptors (Lipinski definition) is 6. The zero-order valence-corrected chi connectivity index (χ0v) is 16.0. The maximum Gasteiger partial charge on any atom is 0.241 e. The van der Waals surface area contributed by atoms with Crippen molar-refractivity contribution in [3.8, 4) is 11.3 Å². The third kappa shape index (κ3) is 3.31. The van der Waals surface area contributed by atoms with Crippen LogP contribution >= 0.6 is 0 Å². The van der Waals surface area contributed by atoms with Crippen LogP contribution in [0.3, 0.4) is 0 Å². The predicted octanol–water partition coefficient (Wildman–Crippen LogP) is 1.54. The number of hydrogen-bond donors (Lipinski definition) is 2. The fourth-order valence-electron chi connectivity index (χ4n) is 4.94. The number of nitrogens with one attached hydrogen (secondary N) is 2. The number of carbonyl (C=O) groups excluding carboxylic acids is 1. The molecule has 8 heteroatoms. The van der Waals surface area contributed by atoms with Gasteiger partial charge in [0, 0.05) is 43.0 Å². The Bertz CT molecular complexity index is 815. The molecular formula is C20H27N7O. The molecule has 148 valence electrons. The highest BCUT2D eigenvalue weighted by molar-refractivity contribution is 5.82. The third-order valence-corrected chi connectivity index (χ3v) is 6.57. The van der Waals surface area contributed by atoms with Crippen LogP contribution in [0.4, 0.5) is 0 Å². The van der Waals surface area contributed by atoms with E-state index < -0.39 is 0 Å². The van der Waals surface area contributed by atoms with Crippen molar-refractivity contribution in [2.75, 3.05) is 13.1 Å². The Morgan fingerprint density at radius 2 is 1.82 bits per heavy atom.